The van der Waals surface area contributed by atoms with Crippen LogP contribution in [0.1, 0.15) is 0 Å². The Bertz CT molecular complexity index is 2840. The van der Waals surface area contributed by atoms with Gasteiger partial charge in [-0.15, -0.1) is 0 Å². The van der Waals surface area contributed by atoms with Crippen molar-refractivity contribution in [2.45, 2.75) is 0 Å². The number of fused-ring (bicyclic) bond motifs is 5. The second-order valence-corrected chi connectivity index (χ2v) is 12.8. The van der Waals surface area contributed by atoms with Gasteiger partial charge in [0.2, 0.25) is 0 Å². The molecule has 10 rings (SSSR count). The van der Waals surface area contributed by atoms with Gasteiger partial charge in [0.05, 0.1) is 0 Å². The van der Waals surface area contributed by atoms with Gasteiger partial charge in [0.25, 0.3) is 0 Å². The summed E-state index contributed by atoms with van der Waals surface area (Å²) in [7, 11) is 0. The highest BCUT2D eigenvalue weighted by Crippen LogP contribution is 2.45. The molecule has 0 aliphatic rings. The summed E-state index contributed by atoms with van der Waals surface area (Å²) in [5, 5.41) is 6.63. The molecule has 0 unspecified atom stereocenters. The van der Waals surface area contributed by atoms with Crippen LogP contribution in [0.3, 0.4) is 0 Å². The fraction of sp³-hybridized carbons (Fsp3) is 0. The number of hydrogen-bond acceptors (Lipinski definition) is 4. The Balaban J connectivity index is 1.28. The van der Waals surface area contributed by atoms with E-state index in [1.165, 1.54) is 16.5 Å². The van der Waals surface area contributed by atoms with E-state index in [-0.39, 0.29) is 0 Å². The Morgan fingerprint density at radius 3 is 1.45 bits per heavy atom. The zero-order valence-electron chi connectivity index (χ0n) is 27.5. The maximum absolute atomic E-state index is 6.93. The number of benzene rings is 8. The quantitative estimate of drug-likeness (QED) is 0.186. The highest BCUT2D eigenvalue weighted by molar-refractivity contribution is 6.20. The summed E-state index contributed by atoms with van der Waals surface area (Å²) < 4.78 is 6.93. The molecule has 2 aromatic heterocycles. The molecule has 10 aromatic rings. The molecule has 0 fully saturated rings. The number of nitrogens with zero attached hydrogens (tertiary/aromatic N) is 3. The van der Waals surface area contributed by atoms with Crippen molar-refractivity contribution >= 4 is 43.5 Å². The van der Waals surface area contributed by atoms with Gasteiger partial charge in [-0.3, -0.25) is 0 Å². The Kier molecular flexibility index (Phi) is 6.78. The van der Waals surface area contributed by atoms with Crippen LogP contribution in [0.2, 0.25) is 0 Å². The molecule has 4 heteroatoms. The molecular formula is C47H29N3O. The van der Waals surface area contributed by atoms with Gasteiger partial charge in [-0.05, 0) is 62.5 Å². The maximum Gasteiger partial charge on any atom is 0.164 e. The van der Waals surface area contributed by atoms with Crippen LogP contribution in [0.5, 0.6) is 0 Å². The standard InChI is InChI=1S/C47H29N3O/c1-4-14-30(15-5-1)35-24-25-38(37-23-13-12-22-36(35)37)39-26-27-40(43-41-28-33-20-10-11-21-34(33)29-42(41)51-44(39)43)47-49-45(31-16-6-2-7-17-31)48-46(50-47)32-18-8-3-9-19-32/h1-29H. The lowest BCUT2D eigenvalue weighted by molar-refractivity contribution is 0.670. The van der Waals surface area contributed by atoms with Gasteiger partial charge in [-0.25, -0.2) is 15.0 Å². The summed E-state index contributed by atoms with van der Waals surface area (Å²) >= 11 is 0. The fourth-order valence-electron chi connectivity index (χ4n) is 7.30. The van der Waals surface area contributed by atoms with Gasteiger partial charge >= 0.3 is 0 Å². The zero-order valence-corrected chi connectivity index (χ0v) is 27.5. The Hall–Kier alpha value is -6.91. The second kappa shape index (κ2) is 11.9. The monoisotopic (exact) mass is 651 g/mol. The van der Waals surface area contributed by atoms with Crippen LogP contribution in [-0.2, 0) is 0 Å². The summed E-state index contributed by atoms with van der Waals surface area (Å²) in [6.07, 6.45) is 0. The second-order valence-electron chi connectivity index (χ2n) is 12.8. The number of rotatable bonds is 5. The van der Waals surface area contributed by atoms with E-state index in [0.717, 1.165) is 65.9 Å². The van der Waals surface area contributed by atoms with E-state index in [2.05, 4.69) is 115 Å². The highest BCUT2D eigenvalue weighted by atomic mass is 16.3. The van der Waals surface area contributed by atoms with Crippen LogP contribution >= 0.6 is 0 Å². The van der Waals surface area contributed by atoms with Crippen LogP contribution in [0.15, 0.2) is 180 Å². The smallest absolute Gasteiger partial charge is 0.164 e. The molecule has 0 N–H and O–H groups in total. The fourth-order valence-corrected chi connectivity index (χ4v) is 7.30. The molecule has 2 heterocycles. The third-order valence-corrected chi connectivity index (χ3v) is 9.73. The van der Waals surface area contributed by atoms with Gasteiger partial charge < -0.3 is 4.42 Å². The highest BCUT2D eigenvalue weighted by Gasteiger charge is 2.22. The zero-order chi connectivity index (χ0) is 33.7. The third kappa shape index (κ3) is 4.96. The lowest BCUT2D eigenvalue weighted by Crippen LogP contribution is -2.00. The molecule has 51 heavy (non-hydrogen) atoms. The largest absolute Gasteiger partial charge is 0.455 e. The predicted molar refractivity (Wildman–Crippen MR) is 209 cm³/mol. The van der Waals surface area contributed by atoms with Crippen molar-refractivity contribution in [2.24, 2.45) is 0 Å². The first-order valence-corrected chi connectivity index (χ1v) is 17.1. The van der Waals surface area contributed by atoms with Crippen molar-refractivity contribution in [3.8, 4) is 56.4 Å². The van der Waals surface area contributed by atoms with E-state index in [1.54, 1.807) is 0 Å². The molecule has 0 aliphatic carbocycles. The van der Waals surface area contributed by atoms with E-state index in [0.29, 0.717) is 17.5 Å². The summed E-state index contributed by atoms with van der Waals surface area (Å²) in [6, 6.07) is 61.0. The van der Waals surface area contributed by atoms with E-state index < -0.39 is 0 Å². The minimum absolute atomic E-state index is 0.597. The molecule has 0 bridgehead atoms. The van der Waals surface area contributed by atoms with E-state index >= 15 is 0 Å². The van der Waals surface area contributed by atoms with E-state index in [4.69, 9.17) is 19.4 Å². The van der Waals surface area contributed by atoms with Crippen LogP contribution in [0.25, 0.3) is 99.9 Å². The molecule has 0 amide bonds. The van der Waals surface area contributed by atoms with E-state index in [1.807, 2.05) is 60.7 Å². The Labute approximate surface area is 294 Å². The van der Waals surface area contributed by atoms with Crippen LogP contribution in [0.4, 0.5) is 0 Å². The van der Waals surface area contributed by atoms with Gasteiger partial charge in [-0.2, -0.15) is 0 Å². The first-order chi connectivity index (χ1) is 25.3. The van der Waals surface area contributed by atoms with Crippen LogP contribution in [0, 0.1) is 0 Å². The molecule has 4 nitrogen and oxygen atoms in total. The van der Waals surface area contributed by atoms with Crippen molar-refractivity contribution in [1.82, 2.24) is 15.0 Å². The number of aromatic nitrogens is 3. The average molecular weight is 652 g/mol. The van der Waals surface area contributed by atoms with Gasteiger partial charge in [0.15, 0.2) is 17.5 Å². The summed E-state index contributed by atoms with van der Waals surface area (Å²) in [5.74, 6) is 1.84. The minimum Gasteiger partial charge on any atom is -0.455 e. The SMILES string of the molecule is c1ccc(-c2nc(-c3ccccc3)nc(-c3ccc(-c4ccc(-c5ccccc5)c5ccccc45)c4oc5cc6ccccc6cc5c34)n2)cc1. The molecule has 0 radical (unpaired) electrons. The predicted octanol–water partition coefficient (Wildman–Crippen LogP) is 12.4. The first-order valence-electron chi connectivity index (χ1n) is 17.1. The van der Waals surface area contributed by atoms with Crippen molar-refractivity contribution in [3.05, 3.63) is 176 Å². The summed E-state index contributed by atoms with van der Waals surface area (Å²) in [6.45, 7) is 0. The molecule has 0 spiro atoms. The van der Waals surface area contributed by atoms with Gasteiger partial charge in [0, 0.05) is 33.0 Å². The molecule has 8 aromatic carbocycles. The molecule has 0 aliphatic heterocycles. The first kappa shape index (κ1) is 29.0. The lowest BCUT2D eigenvalue weighted by atomic mass is 9.90. The average Bonchev–Trinajstić information content (AvgIpc) is 3.58. The van der Waals surface area contributed by atoms with Crippen molar-refractivity contribution < 1.29 is 4.42 Å². The summed E-state index contributed by atoms with van der Waals surface area (Å²) in [4.78, 5) is 15.2. The normalized spacial score (nSPS) is 11.5. The molecule has 0 atom stereocenters. The van der Waals surface area contributed by atoms with Crippen LogP contribution < -0.4 is 0 Å². The van der Waals surface area contributed by atoms with Crippen molar-refractivity contribution in [3.63, 3.8) is 0 Å². The topological polar surface area (TPSA) is 51.8 Å². The Morgan fingerprint density at radius 2 is 0.804 bits per heavy atom. The molecule has 0 saturated carbocycles. The third-order valence-electron chi connectivity index (χ3n) is 9.73. The van der Waals surface area contributed by atoms with Crippen LogP contribution in [-0.4, -0.2) is 15.0 Å². The number of furan rings is 1. The number of hydrogen-bond donors (Lipinski definition) is 0. The van der Waals surface area contributed by atoms with E-state index in [9.17, 15) is 0 Å². The van der Waals surface area contributed by atoms with Crippen molar-refractivity contribution in [1.29, 1.82) is 0 Å². The lowest BCUT2D eigenvalue weighted by Gasteiger charge is -2.14. The minimum atomic E-state index is 0.597. The van der Waals surface area contributed by atoms with Crippen molar-refractivity contribution in [2.75, 3.05) is 0 Å². The Morgan fingerprint density at radius 1 is 0.333 bits per heavy atom. The maximum atomic E-state index is 6.93. The summed E-state index contributed by atoms with van der Waals surface area (Å²) in [5.41, 5.74) is 8.89. The van der Waals surface area contributed by atoms with Gasteiger partial charge in [-0.1, -0.05) is 152 Å². The molecular weight excluding hydrogens is 623 g/mol. The molecule has 0 saturated heterocycles. The molecule has 238 valence electrons. The van der Waals surface area contributed by atoms with Gasteiger partial charge in [0.1, 0.15) is 11.2 Å².